The van der Waals surface area contributed by atoms with Crippen molar-refractivity contribution in [2.24, 2.45) is 23.2 Å². The first-order valence-electron chi connectivity index (χ1n) is 35.1. The summed E-state index contributed by atoms with van der Waals surface area (Å²) in [6.45, 7) is 43.0. The summed E-state index contributed by atoms with van der Waals surface area (Å²) in [4.78, 5) is 1.42. The van der Waals surface area contributed by atoms with Gasteiger partial charge in [0.1, 0.15) is 33.9 Å². The summed E-state index contributed by atoms with van der Waals surface area (Å²) in [6, 6.07) is 10.1. The zero-order valence-electron chi connectivity index (χ0n) is 66.0. The molecule has 13 heteroatoms. The molecule has 1 saturated heterocycles. The van der Waals surface area contributed by atoms with Crippen molar-refractivity contribution in [2.75, 3.05) is 103 Å². The molecule has 0 radical (unpaired) electrons. The molecular weight excluding hydrogens is 1160 g/mol. The number of aliphatic hydroxyl groups excluding tert-OH is 1. The average Bonchev–Trinajstić information content (AvgIpc) is 0.708. The molecule has 542 valence electrons. The first kappa shape index (κ1) is 93.3. The topological polar surface area (TPSA) is 165 Å². The van der Waals surface area contributed by atoms with Crippen LogP contribution < -0.4 is 25.0 Å². The number of fused-ring (bicyclic) bond motifs is 1. The van der Waals surface area contributed by atoms with E-state index in [-0.39, 0.29) is 23.8 Å². The number of benzene rings is 2. The van der Waals surface area contributed by atoms with E-state index < -0.39 is 22.3 Å². The molecule has 2 aromatic carbocycles. The van der Waals surface area contributed by atoms with Crippen LogP contribution in [0.15, 0.2) is 89.1 Å². The molecule has 0 amide bonds. The van der Waals surface area contributed by atoms with Gasteiger partial charge in [0.25, 0.3) is 0 Å². The van der Waals surface area contributed by atoms with Gasteiger partial charge < -0.3 is 64.5 Å². The number of likely N-dealkylation sites (N-methyl/N-ethyl adjacent to an activating group) is 1. The third-order valence-electron chi connectivity index (χ3n) is 19.0. The van der Waals surface area contributed by atoms with Crippen LogP contribution in [0.5, 0.6) is 11.5 Å². The lowest BCUT2D eigenvalue weighted by Gasteiger charge is -2.63. The Kier molecular flexibility index (Phi) is 45.8. The van der Waals surface area contributed by atoms with Crippen molar-refractivity contribution in [1.29, 1.82) is 0 Å². The number of ether oxygens (including phenoxy) is 5. The van der Waals surface area contributed by atoms with Crippen molar-refractivity contribution >= 4 is 5.69 Å². The Morgan fingerprint density at radius 1 is 0.742 bits per heavy atom. The molecule has 2 aliphatic heterocycles. The summed E-state index contributed by atoms with van der Waals surface area (Å²) in [5.41, 5.74) is 7.06. The van der Waals surface area contributed by atoms with E-state index in [1.807, 2.05) is 58.2 Å². The number of hydrogen-bond acceptors (Lipinski definition) is 11. The molecule has 1 fully saturated rings. The highest BCUT2D eigenvalue weighted by Crippen LogP contribution is 2.49. The summed E-state index contributed by atoms with van der Waals surface area (Å²) < 4.78 is 28.9. The molecule has 5 rings (SSSR count). The van der Waals surface area contributed by atoms with Crippen LogP contribution in [0.25, 0.3) is 0 Å². The Bertz CT molecular complexity index is 2490. The molecule has 3 aliphatic rings. The number of methoxy groups -OCH3 is 3. The van der Waals surface area contributed by atoms with Gasteiger partial charge in [-0.3, -0.25) is 0 Å². The van der Waals surface area contributed by atoms with E-state index in [9.17, 15) is 15.3 Å². The number of aliphatic hydroxyl groups is 3. The maximum Gasteiger partial charge on any atom is 0.182 e. The molecule has 2 heterocycles. The van der Waals surface area contributed by atoms with Gasteiger partial charge in [0.15, 0.2) is 6.73 Å². The highest BCUT2D eigenvalue weighted by atomic mass is 16.6. The SMILES string of the molecule is CC.CNC1(C)C(C)OC(C)(CO)C(C)(O)C1(C)O.CNc1ccccc1.COC/C=C(C)/C=C/C=C(C)/C=C/C1=C(C)CCCC1(C)C.COC[N+](C)(C)C.COc1c(C)c(C)c2c(c1C)CC[C@@](C)(CCC[C@H](C)CCC[C@H](C)CCCC(C)C)O2.C[NH+](C)C.[OH-]. The van der Waals surface area contributed by atoms with E-state index in [1.54, 1.807) is 54.7 Å². The number of rotatable bonds is 24. The lowest BCUT2D eigenvalue weighted by atomic mass is 9.60. The first-order chi connectivity index (χ1) is 42.7. The van der Waals surface area contributed by atoms with Crippen molar-refractivity contribution in [3.05, 3.63) is 111 Å². The van der Waals surface area contributed by atoms with Crippen molar-refractivity contribution in [1.82, 2.24) is 5.32 Å². The molecular formula is C80H149N4O9+. The Morgan fingerprint density at radius 3 is 1.72 bits per heavy atom. The standard InChI is InChI=1S/C30H52O2.C21H32O.C12H25NO4.C7H9N.C5H14NO.C3H9N.C2H6.H2O/c1-21(2)13-10-14-22(3)15-11-16-23(4)17-12-19-30(8)20-18-27-26(7)28(31-9)24(5)25(6)29(27)32-30;1-17(9-7-10-18(2)14-16-22-6)12-13-20-19(3)11-8-15-21(20,4)5;1-8-10(3,13-6)12(5,16)11(4,15)9(2,7-14)17-8;1-8-7-5-3-2-4-6-7;1-6(2,3)5-7-4;1-4(2)3;1-2;/h21-23H,10-20H2,1-9H3;7,9-10,12-14H,8,11,15-16H2,1-6H3;8,13-16H,7H2,1-6H3;2-6,8H,1H3;5H2,1-4H3;1-3H3;1-2H3;1H2/q;;;;+1;;;/b;10-7+,13-12+,17-9+,18-14+;;;;;;/t22-,23-,30-;;;;;;;/m1......./s1. The van der Waals surface area contributed by atoms with Crippen LogP contribution in [-0.2, 0) is 20.6 Å². The van der Waals surface area contributed by atoms with Crippen LogP contribution >= 0.6 is 0 Å². The van der Waals surface area contributed by atoms with Gasteiger partial charge >= 0.3 is 0 Å². The fourth-order valence-corrected chi connectivity index (χ4v) is 12.2. The van der Waals surface area contributed by atoms with Gasteiger partial charge in [-0.2, -0.15) is 0 Å². The average molecular weight is 1310 g/mol. The van der Waals surface area contributed by atoms with Crippen molar-refractivity contribution in [2.45, 2.75) is 262 Å². The molecule has 1 aliphatic carbocycles. The fourth-order valence-electron chi connectivity index (χ4n) is 12.2. The number of nitrogens with zero attached hydrogens (tertiary/aromatic N) is 1. The van der Waals surface area contributed by atoms with Gasteiger partial charge in [-0.15, -0.1) is 0 Å². The summed E-state index contributed by atoms with van der Waals surface area (Å²) in [7, 11) is 21.3. The maximum absolute atomic E-state index is 10.8. The minimum absolute atomic E-state index is 0. The molecule has 0 aromatic heterocycles. The minimum atomic E-state index is -1.58. The van der Waals surface area contributed by atoms with Gasteiger partial charge in [0.05, 0.1) is 74.3 Å². The summed E-state index contributed by atoms with van der Waals surface area (Å²) in [5, 5.41) is 36.9. The minimum Gasteiger partial charge on any atom is -0.870 e. The summed E-state index contributed by atoms with van der Waals surface area (Å²) in [6.07, 6.45) is 30.8. The maximum atomic E-state index is 10.8. The number of anilines is 1. The fraction of sp³-hybridized carbons (Fsp3) is 0.725. The van der Waals surface area contributed by atoms with Crippen LogP contribution in [0.1, 0.15) is 223 Å². The van der Waals surface area contributed by atoms with E-state index in [2.05, 4.69) is 179 Å². The van der Waals surface area contributed by atoms with Gasteiger partial charge in [-0.25, -0.2) is 0 Å². The lowest BCUT2D eigenvalue weighted by Crippen LogP contribution is -3.02. The molecule has 2 aromatic rings. The van der Waals surface area contributed by atoms with Gasteiger partial charge in [-0.1, -0.05) is 172 Å². The summed E-state index contributed by atoms with van der Waals surface area (Å²) >= 11 is 0. The second-order valence-electron chi connectivity index (χ2n) is 30.1. The van der Waals surface area contributed by atoms with Crippen LogP contribution in [0, 0.1) is 43.9 Å². The van der Waals surface area contributed by atoms with Crippen molar-refractivity contribution in [3.63, 3.8) is 0 Å². The summed E-state index contributed by atoms with van der Waals surface area (Å²) in [5.74, 6) is 4.74. The number of hydrogen-bond donors (Lipinski definition) is 6. The third kappa shape index (κ3) is 32.4. The lowest BCUT2D eigenvalue weighted by molar-refractivity contribution is -0.890. The van der Waals surface area contributed by atoms with Gasteiger partial charge in [0, 0.05) is 32.5 Å². The number of allylic oxidation sites excluding steroid dienone is 9. The normalized spacial score (nSPS) is 24.1. The van der Waals surface area contributed by atoms with Crippen molar-refractivity contribution < 1.29 is 53.9 Å². The zero-order valence-corrected chi connectivity index (χ0v) is 66.0. The largest absolute Gasteiger partial charge is 0.870 e. The highest BCUT2D eigenvalue weighted by molar-refractivity contribution is 5.59. The molecule has 0 saturated carbocycles. The molecule has 93 heavy (non-hydrogen) atoms. The van der Waals surface area contributed by atoms with Crippen LogP contribution in [-0.4, -0.2) is 157 Å². The predicted octanol–water partition coefficient (Wildman–Crippen LogP) is 16.6. The predicted molar refractivity (Wildman–Crippen MR) is 400 cm³/mol. The Hall–Kier alpha value is -3.86. The molecule has 8 atom stereocenters. The van der Waals surface area contributed by atoms with Crippen LogP contribution in [0.2, 0.25) is 0 Å². The first-order valence-corrected chi connectivity index (χ1v) is 35.1. The number of para-hydroxylation sites is 1. The second kappa shape index (κ2) is 45.6. The quantitative estimate of drug-likeness (QED) is 0.0337. The van der Waals surface area contributed by atoms with E-state index in [0.29, 0.717) is 12.0 Å². The van der Waals surface area contributed by atoms with Gasteiger partial charge in [-0.05, 0) is 193 Å². The van der Waals surface area contributed by atoms with Crippen LogP contribution in [0.3, 0.4) is 0 Å². The Labute approximate surface area is 573 Å². The third-order valence-corrected chi connectivity index (χ3v) is 19.0. The van der Waals surface area contributed by atoms with Gasteiger partial charge in [0.2, 0.25) is 0 Å². The molecule has 0 spiro atoms. The van der Waals surface area contributed by atoms with Crippen LogP contribution in [0.4, 0.5) is 5.69 Å². The molecule has 13 nitrogen and oxygen atoms in total. The number of quaternary nitrogens is 2. The Balaban J connectivity index is -0.00000115. The number of nitrogens with one attached hydrogen (secondary N) is 3. The molecule has 7 N–H and O–H groups in total. The highest BCUT2D eigenvalue weighted by Gasteiger charge is 2.68. The molecule has 5 unspecified atom stereocenters. The Morgan fingerprint density at radius 2 is 1.28 bits per heavy atom. The zero-order chi connectivity index (χ0) is 71.5. The molecule has 0 bridgehead atoms. The smallest absolute Gasteiger partial charge is 0.182 e. The van der Waals surface area contributed by atoms with E-state index in [1.165, 1.54) is 121 Å². The van der Waals surface area contributed by atoms with Crippen molar-refractivity contribution in [3.8, 4) is 11.5 Å². The van der Waals surface area contributed by atoms with E-state index >= 15 is 0 Å². The van der Waals surface area contributed by atoms with E-state index in [4.69, 9.17) is 23.7 Å². The van der Waals surface area contributed by atoms with E-state index in [0.717, 1.165) is 65.4 Å². The second-order valence-corrected chi connectivity index (χ2v) is 30.1. The monoisotopic (exact) mass is 1310 g/mol.